The third kappa shape index (κ3) is 1.24. The second-order valence-electron chi connectivity index (χ2n) is 2.62. The van der Waals surface area contributed by atoms with Crippen molar-refractivity contribution in [2.75, 3.05) is 12.3 Å². The Bertz CT molecular complexity index is 474. The van der Waals surface area contributed by atoms with Crippen molar-refractivity contribution in [3.63, 3.8) is 0 Å². The summed E-state index contributed by atoms with van der Waals surface area (Å²) in [5.74, 6) is -0.138. The van der Waals surface area contributed by atoms with Gasteiger partial charge in [-0.1, -0.05) is 0 Å². The predicted octanol–water partition coefficient (Wildman–Crippen LogP) is 1.15. The van der Waals surface area contributed by atoms with Crippen molar-refractivity contribution < 1.29 is 9.53 Å². The van der Waals surface area contributed by atoms with E-state index in [4.69, 9.17) is 10.5 Å². The number of rotatable bonds is 2. The maximum atomic E-state index is 11.4. The minimum atomic E-state index is -0.471. The molecule has 0 aliphatic carbocycles. The highest BCUT2D eigenvalue weighted by atomic mass is 32.1. The van der Waals surface area contributed by atoms with Gasteiger partial charge in [0.15, 0.2) is 10.7 Å². The number of anilines is 1. The minimum absolute atomic E-state index is 0.193. The van der Waals surface area contributed by atoms with Crippen molar-refractivity contribution in [3.05, 3.63) is 17.3 Å². The third-order valence-electron chi connectivity index (χ3n) is 1.77. The number of ether oxygens (including phenoxy) is 1. The number of esters is 1. The fourth-order valence-corrected chi connectivity index (χ4v) is 1.87. The van der Waals surface area contributed by atoms with Crippen molar-refractivity contribution in [2.24, 2.45) is 0 Å². The molecule has 0 bridgehead atoms. The lowest BCUT2D eigenvalue weighted by Crippen LogP contribution is -2.08. The summed E-state index contributed by atoms with van der Waals surface area (Å²) in [5, 5.41) is 1.85. The molecule has 2 aromatic rings. The molecule has 0 radical (unpaired) electrons. The van der Waals surface area contributed by atoms with E-state index in [0.717, 1.165) is 0 Å². The van der Waals surface area contributed by atoms with Crippen LogP contribution in [0.25, 0.3) is 4.96 Å². The number of nitrogens with zero attached hydrogens (tertiary/aromatic N) is 2. The molecule has 0 amide bonds. The lowest BCUT2D eigenvalue weighted by Gasteiger charge is -1.98. The summed E-state index contributed by atoms with van der Waals surface area (Å²) in [7, 11) is 0. The first-order valence-corrected chi connectivity index (χ1v) is 5.00. The lowest BCUT2D eigenvalue weighted by atomic mass is 10.4. The van der Waals surface area contributed by atoms with Gasteiger partial charge >= 0.3 is 5.97 Å². The van der Waals surface area contributed by atoms with Crippen LogP contribution in [0.5, 0.6) is 0 Å². The van der Waals surface area contributed by atoms with Gasteiger partial charge in [0.05, 0.1) is 6.61 Å². The SMILES string of the molecule is CCOC(=O)c1nc2sccn2c1N. The first-order chi connectivity index (χ1) is 6.74. The molecular formula is C8H9N3O2S. The van der Waals surface area contributed by atoms with Crippen LogP contribution in [0.3, 0.4) is 0 Å². The Morgan fingerprint density at radius 1 is 1.79 bits per heavy atom. The smallest absolute Gasteiger partial charge is 0.360 e. The molecule has 2 aromatic heterocycles. The predicted molar refractivity (Wildman–Crippen MR) is 53.4 cm³/mol. The number of carbonyl (C=O) groups excluding carboxylic acids is 1. The van der Waals surface area contributed by atoms with Gasteiger partial charge in [-0.15, -0.1) is 11.3 Å². The summed E-state index contributed by atoms with van der Waals surface area (Å²) in [5.41, 5.74) is 5.91. The third-order valence-corrected chi connectivity index (χ3v) is 2.52. The maximum absolute atomic E-state index is 11.4. The van der Waals surface area contributed by atoms with Gasteiger partial charge in [0, 0.05) is 11.6 Å². The summed E-state index contributed by atoms with van der Waals surface area (Å²) >= 11 is 1.42. The van der Waals surface area contributed by atoms with Crippen molar-refractivity contribution in [1.29, 1.82) is 0 Å². The molecule has 6 heteroatoms. The van der Waals surface area contributed by atoms with Crippen LogP contribution >= 0.6 is 11.3 Å². The summed E-state index contributed by atoms with van der Waals surface area (Å²) in [6, 6.07) is 0. The Morgan fingerprint density at radius 2 is 2.57 bits per heavy atom. The monoisotopic (exact) mass is 211 g/mol. The van der Waals surface area contributed by atoms with Gasteiger partial charge in [-0.25, -0.2) is 9.78 Å². The van der Waals surface area contributed by atoms with Crippen molar-refractivity contribution >= 4 is 28.1 Å². The summed E-state index contributed by atoms with van der Waals surface area (Å²) in [6.07, 6.45) is 1.77. The van der Waals surface area contributed by atoms with Crippen LogP contribution in [-0.2, 0) is 4.74 Å². The molecule has 2 N–H and O–H groups in total. The Hall–Kier alpha value is -1.56. The van der Waals surface area contributed by atoms with Gasteiger partial charge in [-0.3, -0.25) is 4.40 Å². The summed E-state index contributed by atoms with van der Waals surface area (Å²) < 4.78 is 6.48. The first-order valence-electron chi connectivity index (χ1n) is 4.12. The first kappa shape index (κ1) is 9.01. The number of imidazole rings is 1. The molecular weight excluding hydrogens is 202 g/mol. The van der Waals surface area contributed by atoms with Crippen LogP contribution < -0.4 is 5.73 Å². The molecule has 0 aliphatic rings. The molecule has 0 unspecified atom stereocenters. The highest BCUT2D eigenvalue weighted by Crippen LogP contribution is 2.19. The van der Waals surface area contributed by atoms with Crippen LogP contribution in [0.2, 0.25) is 0 Å². The van der Waals surface area contributed by atoms with E-state index in [1.807, 2.05) is 5.38 Å². The van der Waals surface area contributed by atoms with Gasteiger partial charge in [0.2, 0.25) is 0 Å². The molecule has 0 atom stereocenters. The van der Waals surface area contributed by atoms with Gasteiger partial charge in [0.1, 0.15) is 5.82 Å². The van der Waals surface area contributed by atoms with E-state index in [2.05, 4.69) is 4.98 Å². The zero-order valence-corrected chi connectivity index (χ0v) is 8.37. The Labute approximate surface area is 84.1 Å². The number of nitrogens with two attached hydrogens (primary N) is 1. The average molecular weight is 211 g/mol. The normalized spacial score (nSPS) is 10.6. The van der Waals surface area contributed by atoms with E-state index in [1.165, 1.54) is 11.3 Å². The second kappa shape index (κ2) is 3.30. The Morgan fingerprint density at radius 3 is 3.21 bits per heavy atom. The number of fused-ring (bicyclic) bond motifs is 1. The number of hydrogen-bond donors (Lipinski definition) is 1. The number of hydrogen-bond acceptors (Lipinski definition) is 5. The second-order valence-corrected chi connectivity index (χ2v) is 3.49. The molecule has 14 heavy (non-hydrogen) atoms. The van der Waals surface area contributed by atoms with Gasteiger partial charge < -0.3 is 10.5 Å². The highest BCUT2D eigenvalue weighted by Gasteiger charge is 2.17. The fraction of sp³-hybridized carbons (Fsp3) is 0.250. The van der Waals surface area contributed by atoms with Gasteiger partial charge in [-0.05, 0) is 6.92 Å². The zero-order valence-electron chi connectivity index (χ0n) is 7.56. The molecule has 0 aromatic carbocycles. The molecule has 74 valence electrons. The number of carbonyl (C=O) groups is 1. The van der Waals surface area contributed by atoms with Crippen LogP contribution in [-0.4, -0.2) is 22.0 Å². The molecule has 0 aliphatic heterocycles. The summed E-state index contributed by atoms with van der Waals surface area (Å²) in [4.78, 5) is 16.1. The zero-order chi connectivity index (χ0) is 10.1. The Kier molecular flexibility index (Phi) is 2.12. The fourth-order valence-electron chi connectivity index (χ4n) is 1.15. The Balaban J connectivity index is 2.47. The minimum Gasteiger partial charge on any atom is -0.461 e. The standard InChI is InChI=1S/C8H9N3O2S/c1-2-13-7(12)5-6(9)11-3-4-14-8(11)10-5/h3-4H,2,9H2,1H3. The molecule has 0 saturated carbocycles. The molecule has 5 nitrogen and oxygen atoms in total. The van der Waals surface area contributed by atoms with Crippen molar-refractivity contribution in [3.8, 4) is 0 Å². The molecule has 0 saturated heterocycles. The van der Waals surface area contributed by atoms with E-state index < -0.39 is 5.97 Å². The topological polar surface area (TPSA) is 69.6 Å². The highest BCUT2D eigenvalue weighted by molar-refractivity contribution is 7.15. The van der Waals surface area contributed by atoms with Gasteiger partial charge in [0.25, 0.3) is 0 Å². The average Bonchev–Trinajstić information content (AvgIpc) is 2.69. The number of thiazole rings is 1. The van der Waals surface area contributed by atoms with Gasteiger partial charge in [-0.2, -0.15) is 0 Å². The molecule has 0 spiro atoms. The van der Waals surface area contributed by atoms with E-state index in [9.17, 15) is 4.79 Å². The van der Waals surface area contributed by atoms with E-state index in [1.54, 1.807) is 17.5 Å². The van der Waals surface area contributed by atoms with Crippen LogP contribution in [0, 0.1) is 0 Å². The number of nitrogen functional groups attached to an aromatic ring is 1. The van der Waals surface area contributed by atoms with Crippen molar-refractivity contribution in [1.82, 2.24) is 9.38 Å². The quantitative estimate of drug-likeness (QED) is 0.756. The molecule has 2 rings (SSSR count). The summed E-state index contributed by atoms with van der Waals surface area (Å²) in [6.45, 7) is 2.07. The van der Waals surface area contributed by atoms with Crippen LogP contribution in [0.4, 0.5) is 5.82 Å². The largest absolute Gasteiger partial charge is 0.461 e. The molecule has 2 heterocycles. The van der Waals surface area contributed by atoms with E-state index in [-0.39, 0.29) is 5.69 Å². The van der Waals surface area contributed by atoms with E-state index in [0.29, 0.717) is 17.4 Å². The number of aromatic nitrogens is 2. The van der Waals surface area contributed by atoms with Crippen molar-refractivity contribution in [2.45, 2.75) is 6.92 Å². The van der Waals surface area contributed by atoms with Crippen LogP contribution in [0.1, 0.15) is 17.4 Å². The maximum Gasteiger partial charge on any atom is 0.360 e. The molecule has 0 fully saturated rings. The van der Waals surface area contributed by atoms with Crippen LogP contribution in [0.15, 0.2) is 11.6 Å². The lowest BCUT2D eigenvalue weighted by molar-refractivity contribution is 0.0521. The van der Waals surface area contributed by atoms with E-state index >= 15 is 0 Å².